The summed E-state index contributed by atoms with van der Waals surface area (Å²) in [6, 6.07) is 19.0. The van der Waals surface area contributed by atoms with Crippen LogP contribution in [-0.4, -0.2) is 13.2 Å². The molecule has 2 aromatic carbocycles. The number of quaternary nitrogens is 1. The van der Waals surface area contributed by atoms with Crippen molar-refractivity contribution in [3.63, 3.8) is 0 Å². The van der Waals surface area contributed by atoms with Crippen LogP contribution in [0.3, 0.4) is 0 Å². The minimum Gasteiger partial charge on any atom is -0.487 e. The second kappa shape index (κ2) is 8.48. The fourth-order valence-corrected chi connectivity index (χ4v) is 2.37. The van der Waals surface area contributed by atoms with Crippen molar-refractivity contribution in [2.45, 2.75) is 32.7 Å². The number of para-hydroxylation sites is 1. The molecule has 21 heavy (non-hydrogen) atoms. The van der Waals surface area contributed by atoms with E-state index in [0.29, 0.717) is 5.92 Å². The fourth-order valence-electron chi connectivity index (χ4n) is 2.37. The minimum atomic E-state index is 0.550. The van der Waals surface area contributed by atoms with Gasteiger partial charge in [0.15, 0.2) is 0 Å². The quantitative estimate of drug-likeness (QED) is 0.739. The predicted molar refractivity (Wildman–Crippen MR) is 87.6 cm³/mol. The lowest BCUT2D eigenvalue weighted by Gasteiger charge is -2.15. The van der Waals surface area contributed by atoms with Gasteiger partial charge in [0, 0.05) is 5.56 Å². The molecule has 0 aliphatic rings. The Morgan fingerprint density at radius 3 is 2.48 bits per heavy atom. The maximum Gasteiger partial charge on any atom is 0.137 e. The first-order valence-corrected chi connectivity index (χ1v) is 7.88. The van der Waals surface area contributed by atoms with Gasteiger partial charge in [0.1, 0.15) is 25.4 Å². The summed E-state index contributed by atoms with van der Waals surface area (Å²) < 4.78 is 5.97. The molecule has 0 unspecified atom stereocenters. The van der Waals surface area contributed by atoms with E-state index in [0.717, 1.165) is 31.9 Å². The van der Waals surface area contributed by atoms with E-state index in [2.05, 4.69) is 73.8 Å². The standard InChI is InChI=1S/C19H25NO/c1-3-16(2)18-11-7-8-12-19(18)21-14-13-20-15-17-9-5-4-6-10-17/h4-12,16,20H,3,13-15H2,1-2H3/p+1/t16-/m1/s1. The Morgan fingerprint density at radius 2 is 1.71 bits per heavy atom. The van der Waals surface area contributed by atoms with Crippen molar-refractivity contribution in [2.75, 3.05) is 13.2 Å². The van der Waals surface area contributed by atoms with Crippen LogP contribution in [0, 0.1) is 0 Å². The molecule has 2 aromatic rings. The smallest absolute Gasteiger partial charge is 0.137 e. The van der Waals surface area contributed by atoms with Crippen molar-refractivity contribution in [1.82, 2.24) is 0 Å². The molecule has 0 spiro atoms. The molecule has 0 saturated heterocycles. The van der Waals surface area contributed by atoms with Crippen LogP contribution in [0.1, 0.15) is 37.3 Å². The molecular formula is C19H26NO+. The first-order chi connectivity index (χ1) is 10.3. The van der Waals surface area contributed by atoms with E-state index in [1.165, 1.54) is 11.1 Å². The number of ether oxygens (including phenoxy) is 1. The van der Waals surface area contributed by atoms with Crippen molar-refractivity contribution in [3.05, 3.63) is 65.7 Å². The van der Waals surface area contributed by atoms with Gasteiger partial charge in [-0.05, 0) is 24.0 Å². The van der Waals surface area contributed by atoms with Crippen molar-refractivity contribution in [1.29, 1.82) is 0 Å². The summed E-state index contributed by atoms with van der Waals surface area (Å²) in [6.07, 6.45) is 1.14. The lowest BCUT2D eigenvalue weighted by molar-refractivity contribution is -0.671. The summed E-state index contributed by atoms with van der Waals surface area (Å²) in [6.45, 7) is 7.21. The number of benzene rings is 2. The Hall–Kier alpha value is -1.80. The molecule has 0 radical (unpaired) electrons. The molecule has 0 saturated carbocycles. The maximum atomic E-state index is 5.97. The average Bonchev–Trinajstić information content (AvgIpc) is 2.55. The molecule has 2 N–H and O–H groups in total. The zero-order chi connectivity index (χ0) is 14.9. The number of hydrogen-bond donors (Lipinski definition) is 1. The Morgan fingerprint density at radius 1 is 1.00 bits per heavy atom. The maximum absolute atomic E-state index is 5.97. The third-order valence-electron chi connectivity index (χ3n) is 3.86. The molecular weight excluding hydrogens is 258 g/mol. The van der Waals surface area contributed by atoms with Gasteiger partial charge in [-0.3, -0.25) is 0 Å². The van der Waals surface area contributed by atoms with Crippen LogP contribution in [0.25, 0.3) is 0 Å². The predicted octanol–water partition coefficient (Wildman–Crippen LogP) is 3.34. The Balaban J connectivity index is 1.76. The van der Waals surface area contributed by atoms with E-state index >= 15 is 0 Å². The van der Waals surface area contributed by atoms with E-state index in [1.54, 1.807) is 0 Å². The molecule has 0 amide bonds. The van der Waals surface area contributed by atoms with E-state index in [1.807, 2.05) is 0 Å². The molecule has 0 aliphatic carbocycles. The largest absolute Gasteiger partial charge is 0.487 e. The van der Waals surface area contributed by atoms with Gasteiger partial charge in [-0.15, -0.1) is 0 Å². The molecule has 112 valence electrons. The molecule has 0 fully saturated rings. The van der Waals surface area contributed by atoms with Crippen LogP contribution in [0.4, 0.5) is 0 Å². The average molecular weight is 284 g/mol. The summed E-state index contributed by atoms with van der Waals surface area (Å²) in [5, 5.41) is 2.29. The van der Waals surface area contributed by atoms with Crippen LogP contribution in [0.15, 0.2) is 54.6 Å². The van der Waals surface area contributed by atoms with Gasteiger partial charge < -0.3 is 10.1 Å². The summed E-state index contributed by atoms with van der Waals surface area (Å²) in [5.74, 6) is 1.59. The van der Waals surface area contributed by atoms with Crippen molar-refractivity contribution in [2.24, 2.45) is 0 Å². The number of nitrogens with two attached hydrogens (primary N) is 1. The molecule has 1 atom stereocenters. The second-order valence-corrected chi connectivity index (χ2v) is 5.46. The third kappa shape index (κ3) is 4.91. The van der Waals surface area contributed by atoms with E-state index in [-0.39, 0.29) is 0 Å². The molecule has 0 bridgehead atoms. The summed E-state index contributed by atoms with van der Waals surface area (Å²) in [7, 11) is 0. The number of hydrogen-bond acceptors (Lipinski definition) is 1. The highest BCUT2D eigenvalue weighted by molar-refractivity contribution is 5.35. The van der Waals surface area contributed by atoms with Crippen LogP contribution >= 0.6 is 0 Å². The van der Waals surface area contributed by atoms with Crippen LogP contribution in [-0.2, 0) is 6.54 Å². The van der Waals surface area contributed by atoms with Crippen molar-refractivity contribution < 1.29 is 10.1 Å². The molecule has 2 rings (SSSR count). The highest BCUT2D eigenvalue weighted by Gasteiger charge is 2.09. The molecule has 0 heterocycles. The first-order valence-electron chi connectivity index (χ1n) is 7.88. The van der Waals surface area contributed by atoms with E-state index in [4.69, 9.17) is 4.74 Å². The van der Waals surface area contributed by atoms with Gasteiger partial charge >= 0.3 is 0 Å². The lowest BCUT2D eigenvalue weighted by Crippen LogP contribution is -2.83. The third-order valence-corrected chi connectivity index (χ3v) is 3.86. The van der Waals surface area contributed by atoms with Crippen LogP contribution in [0.2, 0.25) is 0 Å². The molecule has 0 aromatic heterocycles. The zero-order valence-electron chi connectivity index (χ0n) is 13.1. The molecule has 2 nitrogen and oxygen atoms in total. The van der Waals surface area contributed by atoms with E-state index < -0.39 is 0 Å². The summed E-state index contributed by atoms with van der Waals surface area (Å²) >= 11 is 0. The van der Waals surface area contributed by atoms with Gasteiger partial charge in [0.05, 0.1) is 0 Å². The SMILES string of the molecule is CC[C@@H](C)c1ccccc1OCC[NH2+]Cc1ccccc1. The lowest BCUT2D eigenvalue weighted by atomic mass is 9.98. The van der Waals surface area contributed by atoms with Gasteiger partial charge in [-0.2, -0.15) is 0 Å². The minimum absolute atomic E-state index is 0.550. The second-order valence-electron chi connectivity index (χ2n) is 5.46. The van der Waals surface area contributed by atoms with E-state index in [9.17, 15) is 0 Å². The van der Waals surface area contributed by atoms with Crippen molar-refractivity contribution in [3.8, 4) is 5.75 Å². The van der Waals surface area contributed by atoms with Gasteiger partial charge in [-0.1, -0.05) is 62.4 Å². The summed E-state index contributed by atoms with van der Waals surface area (Å²) in [5.41, 5.74) is 2.68. The summed E-state index contributed by atoms with van der Waals surface area (Å²) in [4.78, 5) is 0. The Kier molecular flexibility index (Phi) is 6.29. The zero-order valence-corrected chi connectivity index (χ0v) is 13.1. The highest BCUT2D eigenvalue weighted by atomic mass is 16.5. The molecule has 0 aliphatic heterocycles. The van der Waals surface area contributed by atoms with Gasteiger partial charge in [0.25, 0.3) is 0 Å². The van der Waals surface area contributed by atoms with Crippen LogP contribution < -0.4 is 10.1 Å². The topological polar surface area (TPSA) is 25.8 Å². The fraction of sp³-hybridized carbons (Fsp3) is 0.368. The van der Waals surface area contributed by atoms with Gasteiger partial charge in [-0.25, -0.2) is 0 Å². The van der Waals surface area contributed by atoms with Crippen molar-refractivity contribution >= 4 is 0 Å². The molecule has 2 heteroatoms. The number of rotatable bonds is 8. The Bertz CT molecular complexity index is 524. The normalized spacial score (nSPS) is 12.1. The highest BCUT2D eigenvalue weighted by Crippen LogP contribution is 2.28. The first kappa shape index (κ1) is 15.6. The van der Waals surface area contributed by atoms with Gasteiger partial charge in [0.2, 0.25) is 0 Å². The van der Waals surface area contributed by atoms with Crippen LogP contribution in [0.5, 0.6) is 5.75 Å². The Labute approximate surface area is 128 Å². The monoisotopic (exact) mass is 284 g/mol.